The number of aryl methyl sites for hydroxylation is 1. The summed E-state index contributed by atoms with van der Waals surface area (Å²) in [6.45, 7) is 0. The van der Waals surface area contributed by atoms with Gasteiger partial charge in [-0.3, -0.25) is 0 Å². The lowest BCUT2D eigenvalue weighted by Crippen LogP contribution is -1.97. The maximum Gasteiger partial charge on any atom is 0.115 e. The fourth-order valence-electron chi connectivity index (χ4n) is 1.94. The van der Waals surface area contributed by atoms with E-state index in [0.29, 0.717) is 5.75 Å². The van der Waals surface area contributed by atoms with E-state index < -0.39 is 0 Å². The average molecular weight is 178 g/mol. The fraction of sp³-hybridized carbons (Fsp3) is 0.455. The molecule has 0 heterocycles. The standard InChI is InChI=1S/C11H14O2/c12-9-5-6-10-8(7-9)3-1-2-4-11(10)13/h5-7,11-13H,1-4H2. The van der Waals surface area contributed by atoms with Crippen LogP contribution in [-0.4, -0.2) is 10.2 Å². The van der Waals surface area contributed by atoms with Crippen LogP contribution in [0, 0.1) is 0 Å². The minimum atomic E-state index is -0.335. The Kier molecular flexibility index (Phi) is 2.23. The van der Waals surface area contributed by atoms with Gasteiger partial charge >= 0.3 is 0 Å². The molecule has 2 nitrogen and oxygen atoms in total. The normalized spacial score (nSPS) is 22.1. The lowest BCUT2D eigenvalue weighted by atomic mass is 10.0. The monoisotopic (exact) mass is 178 g/mol. The van der Waals surface area contributed by atoms with E-state index in [0.717, 1.165) is 36.8 Å². The maximum atomic E-state index is 9.75. The van der Waals surface area contributed by atoms with Crippen molar-refractivity contribution in [3.63, 3.8) is 0 Å². The Bertz CT molecular complexity index is 307. The van der Waals surface area contributed by atoms with Crippen LogP contribution >= 0.6 is 0 Å². The molecule has 1 unspecified atom stereocenters. The number of hydrogen-bond donors (Lipinski definition) is 2. The molecule has 0 aliphatic heterocycles. The van der Waals surface area contributed by atoms with Gasteiger partial charge in [0, 0.05) is 0 Å². The molecule has 1 atom stereocenters. The Hall–Kier alpha value is -1.02. The minimum Gasteiger partial charge on any atom is -0.508 e. The molecule has 0 fully saturated rings. The maximum absolute atomic E-state index is 9.75. The van der Waals surface area contributed by atoms with Crippen molar-refractivity contribution >= 4 is 0 Å². The Balaban J connectivity index is 2.42. The molecule has 0 aromatic heterocycles. The summed E-state index contributed by atoms with van der Waals surface area (Å²) in [5.41, 5.74) is 2.10. The molecule has 0 radical (unpaired) electrons. The van der Waals surface area contributed by atoms with Gasteiger partial charge in [0.15, 0.2) is 0 Å². The van der Waals surface area contributed by atoms with E-state index in [1.54, 1.807) is 12.1 Å². The van der Waals surface area contributed by atoms with Crippen molar-refractivity contribution in [2.24, 2.45) is 0 Å². The Labute approximate surface area is 77.8 Å². The molecule has 0 bridgehead atoms. The Morgan fingerprint density at radius 1 is 1.23 bits per heavy atom. The summed E-state index contributed by atoms with van der Waals surface area (Å²) in [4.78, 5) is 0. The van der Waals surface area contributed by atoms with E-state index in [4.69, 9.17) is 0 Å². The highest BCUT2D eigenvalue weighted by Crippen LogP contribution is 2.30. The summed E-state index contributed by atoms with van der Waals surface area (Å²) in [5, 5.41) is 19.0. The first-order valence-corrected chi connectivity index (χ1v) is 4.77. The molecule has 1 aromatic carbocycles. The van der Waals surface area contributed by atoms with Crippen molar-refractivity contribution in [3.05, 3.63) is 29.3 Å². The molecule has 0 saturated carbocycles. The number of aromatic hydroxyl groups is 1. The van der Waals surface area contributed by atoms with Gasteiger partial charge in [-0.25, -0.2) is 0 Å². The summed E-state index contributed by atoms with van der Waals surface area (Å²) in [6, 6.07) is 5.25. The predicted molar refractivity (Wildman–Crippen MR) is 50.6 cm³/mol. The molecule has 0 amide bonds. The highest BCUT2D eigenvalue weighted by molar-refractivity contribution is 5.36. The Morgan fingerprint density at radius 3 is 2.92 bits per heavy atom. The van der Waals surface area contributed by atoms with Crippen LogP contribution in [0.3, 0.4) is 0 Å². The first-order chi connectivity index (χ1) is 6.27. The van der Waals surface area contributed by atoms with Gasteiger partial charge in [-0.15, -0.1) is 0 Å². The second kappa shape index (κ2) is 3.38. The van der Waals surface area contributed by atoms with Gasteiger partial charge < -0.3 is 10.2 Å². The van der Waals surface area contributed by atoms with Crippen LogP contribution in [0.2, 0.25) is 0 Å². The highest BCUT2D eigenvalue weighted by Gasteiger charge is 2.15. The third-order valence-corrected chi connectivity index (χ3v) is 2.66. The summed E-state index contributed by atoms with van der Waals surface area (Å²) in [5.74, 6) is 0.299. The lowest BCUT2D eigenvalue weighted by Gasteiger charge is -2.11. The zero-order valence-electron chi connectivity index (χ0n) is 7.53. The summed E-state index contributed by atoms with van der Waals surface area (Å²) < 4.78 is 0. The molecule has 0 spiro atoms. The van der Waals surface area contributed by atoms with Gasteiger partial charge in [0.2, 0.25) is 0 Å². The van der Waals surface area contributed by atoms with Crippen molar-refractivity contribution in [2.75, 3.05) is 0 Å². The van der Waals surface area contributed by atoms with Crippen molar-refractivity contribution in [3.8, 4) is 5.75 Å². The smallest absolute Gasteiger partial charge is 0.115 e. The van der Waals surface area contributed by atoms with E-state index in [2.05, 4.69) is 0 Å². The quantitative estimate of drug-likeness (QED) is 0.597. The summed E-state index contributed by atoms with van der Waals surface area (Å²) in [6.07, 6.45) is 3.65. The molecular weight excluding hydrogens is 164 g/mol. The van der Waals surface area contributed by atoms with Gasteiger partial charge in [-0.2, -0.15) is 0 Å². The molecule has 1 aliphatic carbocycles. The van der Waals surface area contributed by atoms with E-state index in [1.807, 2.05) is 6.07 Å². The summed E-state index contributed by atoms with van der Waals surface area (Å²) in [7, 11) is 0. The number of fused-ring (bicyclic) bond motifs is 1. The minimum absolute atomic E-state index is 0.299. The van der Waals surface area contributed by atoms with Crippen LogP contribution in [0.25, 0.3) is 0 Å². The highest BCUT2D eigenvalue weighted by atomic mass is 16.3. The number of phenolic OH excluding ortho intramolecular Hbond substituents is 1. The van der Waals surface area contributed by atoms with Crippen LogP contribution < -0.4 is 0 Å². The van der Waals surface area contributed by atoms with Crippen molar-refractivity contribution in [1.29, 1.82) is 0 Å². The number of benzene rings is 1. The van der Waals surface area contributed by atoms with Crippen molar-refractivity contribution in [1.82, 2.24) is 0 Å². The third kappa shape index (κ3) is 1.68. The van der Waals surface area contributed by atoms with Gasteiger partial charge in [0.05, 0.1) is 6.10 Å². The SMILES string of the molecule is Oc1ccc2c(c1)CCCCC2O. The predicted octanol–water partition coefficient (Wildman–Crippen LogP) is 2.15. The first-order valence-electron chi connectivity index (χ1n) is 4.77. The second-order valence-electron chi connectivity index (χ2n) is 3.64. The number of aliphatic hydroxyl groups excluding tert-OH is 1. The lowest BCUT2D eigenvalue weighted by molar-refractivity contribution is 0.166. The average Bonchev–Trinajstić information content (AvgIpc) is 2.28. The largest absolute Gasteiger partial charge is 0.508 e. The van der Waals surface area contributed by atoms with Gasteiger partial charge in [-0.1, -0.05) is 12.5 Å². The van der Waals surface area contributed by atoms with Crippen LogP contribution in [-0.2, 0) is 6.42 Å². The van der Waals surface area contributed by atoms with Crippen molar-refractivity contribution < 1.29 is 10.2 Å². The van der Waals surface area contributed by atoms with Gasteiger partial charge in [0.25, 0.3) is 0 Å². The van der Waals surface area contributed by atoms with Crippen LogP contribution in [0.1, 0.15) is 36.5 Å². The number of aliphatic hydroxyl groups is 1. The number of hydrogen-bond acceptors (Lipinski definition) is 2. The molecular formula is C11H14O2. The third-order valence-electron chi connectivity index (χ3n) is 2.66. The molecule has 2 N–H and O–H groups in total. The fourth-order valence-corrected chi connectivity index (χ4v) is 1.94. The molecule has 1 aliphatic rings. The van der Waals surface area contributed by atoms with E-state index in [-0.39, 0.29) is 6.10 Å². The van der Waals surface area contributed by atoms with E-state index >= 15 is 0 Å². The molecule has 70 valence electrons. The van der Waals surface area contributed by atoms with E-state index in [1.165, 1.54) is 0 Å². The molecule has 1 aromatic rings. The first kappa shape index (κ1) is 8.57. The van der Waals surface area contributed by atoms with Crippen LogP contribution in [0.15, 0.2) is 18.2 Å². The van der Waals surface area contributed by atoms with E-state index in [9.17, 15) is 10.2 Å². The molecule has 2 heteroatoms. The number of rotatable bonds is 0. The van der Waals surface area contributed by atoms with Crippen LogP contribution in [0.5, 0.6) is 5.75 Å². The zero-order chi connectivity index (χ0) is 9.26. The van der Waals surface area contributed by atoms with Crippen molar-refractivity contribution in [2.45, 2.75) is 31.8 Å². The summed E-state index contributed by atoms with van der Waals surface area (Å²) >= 11 is 0. The topological polar surface area (TPSA) is 40.5 Å². The molecule has 13 heavy (non-hydrogen) atoms. The second-order valence-corrected chi connectivity index (χ2v) is 3.64. The van der Waals surface area contributed by atoms with Gasteiger partial charge in [-0.05, 0) is 42.5 Å². The molecule has 2 rings (SSSR count). The Morgan fingerprint density at radius 2 is 2.08 bits per heavy atom. The molecule has 0 saturated heterocycles. The van der Waals surface area contributed by atoms with Crippen LogP contribution in [0.4, 0.5) is 0 Å². The zero-order valence-corrected chi connectivity index (χ0v) is 7.53. The number of phenols is 1. The van der Waals surface area contributed by atoms with Gasteiger partial charge in [0.1, 0.15) is 5.75 Å².